The molecule has 6 heteroatoms. The van der Waals surface area contributed by atoms with E-state index in [2.05, 4.69) is 17.1 Å². The maximum Gasteiger partial charge on any atom is 0.278 e. The molecule has 0 fully saturated rings. The zero-order chi connectivity index (χ0) is 18.2. The lowest BCUT2D eigenvalue weighted by Gasteiger charge is -2.14. The highest BCUT2D eigenvalue weighted by Gasteiger charge is 2.16. The number of carbonyl (C=O) groups excluding carboxylic acids is 1. The molecule has 0 bridgehead atoms. The first-order valence-electron chi connectivity index (χ1n) is 8.02. The zero-order valence-electron chi connectivity index (χ0n) is 14.4. The summed E-state index contributed by atoms with van der Waals surface area (Å²) >= 11 is 0. The molecule has 130 valence electrons. The number of unbranched alkanes of at least 4 members (excludes halogenated alkanes) is 1. The number of nitrogens with zero attached hydrogens (tertiary/aromatic N) is 1. The van der Waals surface area contributed by atoms with Gasteiger partial charge in [-0.1, -0.05) is 38.8 Å². The Balaban J connectivity index is 2.83. The highest BCUT2D eigenvalue weighted by Crippen LogP contribution is 2.18. The average Bonchev–Trinajstić information content (AvgIpc) is 2.53. The summed E-state index contributed by atoms with van der Waals surface area (Å²) in [5.41, 5.74) is 1.26. The van der Waals surface area contributed by atoms with Gasteiger partial charge in [-0.15, -0.1) is 0 Å². The van der Waals surface area contributed by atoms with E-state index in [1.807, 2.05) is 6.92 Å². The zero-order valence-corrected chi connectivity index (χ0v) is 15.2. The normalized spacial score (nSPS) is 13.2. The number of amides is 1. The molecule has 1 amide bonds. The summed E-state index contributed by atoms with van der Waals surface area (Å²) in [5, 5.41) is 2.59. The number of hydrogen-bond acceptors (Lipinski definition) is 3. The number of rotatable bonds is 8. The van der Waals surface area contributed by atoms with E-state index in [-0.39, 0.29) is 16.9 Å². The van der Waals surface area contributed by atoms with Crippen LogP contribution < -0.4 is 5.32 Å². The van der Waals surface area contributed by atoms with Gasteiger partial charge in [0.25, 0.3) is 5.03 Å². The number of carbonyl (C=O) groups is 1. The average molecular weight is 348 g/mol. The molecule has 1 atom stereocenters. The molecular formula is C18H24N2O3S. The van der Waals surface area contributed by atoms with Crippen molar-refractivity contribution in [2.45, 2.75) is 39.5 Å². The van der Waals surface area contributed by atoms with Gasteiger partial charge in [0.2, 0.25) is 5.91 Å². The van der Waals surface area contributed by atoms with E-state index >= 15 is 0 Å². The van der Waals surface area contributed by atoms with Gasteiger partial charge in [-0.25, -0.2) is 13.3 Å². The van der Waals surface area contributed by atoms with Crippen LogP contribution in [-0.2, 0) is 14.6 Å². The Morgan fingerprint density at radius 1 is 1.29 bits per heavy atom. The van der Waals surface area contributed by atoms with Gasteiger partial charge in [-0.3, -0.25) is 4.79 Å². The predicted molar refractivity (Wildman–Crippen MR) is 97.8 cm³/mol. The Morgan fingerprint density at radius 2 is 1.92 bits per heavy atom. The van der Waals surface area contributed by atoms with Crippen molar-refractivity contribution in [3.8, 4) is 0 Å². The van der Waals surface area contributed by atoms with Gasteiger partial charge in [0.1, 0.15) is 0 Å². The molecule has 1 aromatic carbocycles. The lowest BCUT2D eigenvalue weighted by Crippen LogP contribution is -2.22. The van der Waals surface area contributed by atoms with Crippen LogP contribution in [-0.4, -0.2) is 20.6 Å². The second kappa shape index (κ2) is 9.24. The Bertz CT molecular complexity index is 729. The highest BCUT2D eigenvalue weighted by molar-refractivity contribution is 7.94. The lowest BCUT2D eigenvalue weighted by atomic mass is 9.98. The number of hydrogen-bond donors (Lipinski definition) is 1. The van der Waals surface area contributed by atoms with E-state index in [0.717, 1.165) is 31.9 Å². The van der Waals surface area contributed by atoms with Gasteiger partial charge < -0.3 is 5.32 Å². The van der Waals surface area contributed by atoms with Crippen molar-refractivity contribution in [2.75, 3.05) is 11.6 Å². The van der Waals surface area contributed by atoms with Crippen LogP contribution in [0, 0.1) is 12.5 Å². The van der Waals surface area contributed by atoms with Crippen LogP contribution in [0.3, 0.4) is 0 Å². The fourth-order valence-electron chi connectivity index (χ4n) is 2.24. The van der Waals surface area contributed by atoms with Crippen molar-refractivity contribution in [2.24, 2.45) is 5.92 Å². The third-order valence-electron chi connectivity index (χ3n) is 3.73. The molecule has 1 rings (SSSR count). The smallest absolute Gasteiger partial charge is 0.278 e. The third-order valence-corrected chi connectivity index (χ3v) is 4.70. The summed E-state index contributed by atoms with van der Waals surface area (Å²) in [6, 6.07) is 6.78. The molecule has 0 saturated heterocycles. The van der Waals surface area contributed by atoms with Crippen LogP contribution in [0.5, 0.6) is 0 Å². The molecule has 5 nitrogen and oxygen atoms in total. The maximum absolute atomic E-state index is 12.2. The number of benzene rings is 1. The Labute approximate surface area is 144 Å². The van der Waals surface area contributed by atoms with Crippen LogP contribution in [0.25, 0.3) is 10.9 Å². The summed E-state index contributed by atoms with van der Waals surface area (Å²) in [4.78, 5) is 15.3. The molecule has 1 aromatic rings. The van der Waals surface area contributed by atoms with Crippen molar-refractivity contribution in [1.29, 1.82) is 0 Å². The summed E-state index contributed by atoms with van der Waals surface area (Å²) in [7, 11) is -3.53. The summed E-state index contributed by atoms with van der Waals surface area (Å²) in [6.07, 6.45) is 6.10. The minimum Gasteiger partial charge on any atom is -0.326 e. The summed E-state index contributed by atoms with van der Waals surface area (Å²) < 4.78 is 22.9. The Hall–Kier alpha value is -2.13. The first kappa shape index (κ1) is 19.9. The number of anilines is 1. The van der Waals surface area contributed by atoms with Gasteiger partial charge in [-0.2, -0.15) is 0 Å². The van der Waals surface area contributed by atoms with E-state index in [9.17, 15) is 13.2 Å². The molecule has 1 unspecified atom stereocenters. The Morgan fingerprint density at radius 3 is 2.38 bits per heavy atom. The SMILES string of the molecule is [C-]#[N+]/C(=C\c1ccc(NC(=O)C(CC)CCCC)cc1)S(C)(=O)=O. The predicted octanol–water partition coefficient (Wildman–Crippen LogP) is 4.10. The Kier molecular flexibility index (Phi) is 7.66. The van der Waals surface area contributed by atoms with Crippen LogP contribution in [0.4, 0.5) is 5.69 Å². The molecule has 0 aliphatic heterocycles. The van der Waals surface area contributed by atoms with Gasteiger partial charge in [0, 0.05) is 17.9 Å². The first-order valence-corrected chi connectivity index (χ1v) is 9.91. The quantitative estimate of drug-likeness (QED) is 0.719. The van der Waals surface area contributed by atoms with E-state index in [1.54, 1.807) is 24.3 Å². The maximum atomic E-state index is 12.2. The van der Waals surface area contributed by atoms with Crippen molar-refractivity contribution in [3.63, 3.8) is 0 Å². The lowest BCUT2D eigenvalue weighted by molar-refractivity contribution is -0.120. The third kappa shape index (κ3) is 6.17. The second-order valence-corrected chi connectivity index (χ2v) is 7.69. The highest BCUT2D eigenvalue weighted by atomic mass is 32.2. The van der Waals surface area contributed by atoms with E-state index < -0.39 is 9.84 Å². The molecule has 0 radical (unpaired) electrons. The van der Waals surface area contributed by atoms with Gasteiger partial charge in [0.15, 0.2) is 9.84 Å². The molecule has 1 N–H and O–H groups in total. The second-order valence-electron chi connectivity index (χ2n) is 5.73. The van der Waals surface area contributed by atoms with Gasteiger partial charge in [-0.05, 0) is 36.6 Å². The van der Waals surface area contributed by atoms with Crippen molar-refractivity contribution in [3.05, 3.63) is 46.3 Å². The van der Waals surface area contributed by atoms with Crippen LogP contribution in [0.1, 0.15) is 45.1 Å². The van der Waals surface area contributed by atoms with E-state index in [0.29, 0.717) is 11.3 Å². The summed E-state index contributed by atoms with van der Waals surface area (Å²) in [5.74, 6) is 0.00991. The standard InChI is InChI=1S/C18H24N2O3S/c1-5-7-8-15(6-2)18(21)20-16-11-9-14(10-12-16)13-17(19-3)24(4,22)23/h9-13,15H,5-8H2,1-2,4H3,(H,20,21)/b17-13+. The first-order chi connectivity index (χ1) is 11.3. The fraction of sp³-hybridized carbons (Fsp3) is 0.444. The van der Waals surface area contributed by atoms with Crippen molar-refractivity contribution < 1.29 is 13.2 Å². The van der Waals surface area contributed by atoms with E-state index in [4.69, 9.17) is 6.57 Å². The van der Waals surface area contributed by atoms with Crippen LogP contribution in [0.2, 0.25) is 0 Å². The minimum atomic E-state index is -3.53. The summed E-state index contributed by atoms with van der Waals surface area (Å²) in [6.45, 7) is 11.1. The topological polar surface area (TPSA) is 67.6 Å². The molecule has 0 aromatic heterocycles. The molecule has 24 heavy (non-hydrogen) atoms. The van der Waals surface area contributed by atoms with Crippen molar-refractivity contribution >= 4 is 27.5 Å². The fourth-order valence-corrected chi connectivity index (χ4v) is 2.76. The molecule has 0 heterocycles. The monoisotopic (exact) mass is 348 g/mol. The molecule has 0 saturated carbocycles. The molecule has 0 spiro atoms. The van der Waals surface area contributed by atoms with Crippen LogP contribution in [0.15, 0.2) is 29.3 Å². The number of nitrogens with one attached hydrogen (secondary N) is 1. The number of sulfone groups is 1. The van der Waals surface area contributed by atoms with E-state index in [1.165, 1.54) is 6.08 Å². The molecule has 0 aliphatic carbocycles. The molecular weight excluding hydrogens is 324 g/mol. The van der Waals surface area contributed by atoms with Crippen LogP contribution >= 0.6 is 0 Å². The van der Waals surface area contributed by atoms with Gasteiger partial charge in [0.05, 0.1) is 6.57 Å². The molecule has 0 aliphatic rings. The van der Waals surface area contributed by atoms with Gasteiger partial charge >= 0.3 is 0 Å². The largest absolute Gasteiger partial charge is 0.326 e. The van der Waals surface area contributed by atoms with Crippen molar-refractivity contribution in [1.82, 2.24) is 0 Å². The minimum absolute atomic E-state index is 0.00322.